The topological polar surface area (TPSA) is 69.3 Å². The van der Waals surface area contributed by atoms with Gasteiger partial charge in [0, 0.05) is 36.7 Å². The highest BCUT2D eigenvalue weighted by atomic mass is 16.3. The van der Waals surface area contributed by atoms with Crippen molar-refractivity contribution in [3.8, 4) is 6.07 Å². The minimum Gasteiger partial charge on any atom is -0.461 e. The number of fused-ring (bicyclic) bond motifs is 1. The number of furan rings is 1. The van der Waals surface area contributed by atoms with Gasteiger partial charge in [-0.1, -0.05) is 25.1 Å². The summed E-state index contributed by atoms with van der Waals surface area (Å²) in [4.78, 5) is 14.2. The molecule has 5 heteroatoms. The molecule has 1 N–H and O–H groups in total. The predicted molar refractivity (Wildman–Crippen MR) is 102 cm³/mol. The second-order valence-electron chi connectivity index (χ2n) is 6.15. The summed E-state index contributed by atoms with van der Waals surface area (Å²) >= 11 is 0. The van der Waals surface area contributed by atoms with Crippen LogP contribution in [0.3, 0.4) is 0 Å². The number of para-hydroxylation sites is 1. The molecule has 0 saturated heterocycles. The van der Waals surface area contributed by atoms with Gasteiger partial charge in [-0.25, -0.2) is 0 Å². The summed E-state index contributed by atoms with van der Waals surface area (Å²) in [5, 5.41) is 13.0. The number of nitrogens with one attached hydrogen (secondary N) is 1. The van der Waals surface area contributed by atoms with Crippen LogP contribution in [0, 0.1) is 11.3 Å². The van der Waals surface area contributed by atoms with E-state index in [1.165, 1.54) is 0 Å². The number of likely N-dealkylation sites (N-methyl/N-ethyl adjacent to an activating group) is 1. The van der Waals surface area contributed by atoms with Gasteiger partial charge in [-0.15, -0.1) is 0 Å². The summed E-state index contributed by atoms with van der Waals surface area (Å²) < 4.78 is 5.90. The molecule has 1 amide bonds. The molecule has 2 aromatic carbocycles. The third-order valence-electron chi connectivity index (χ3n) is 4.38. The fourth-order valence-corrected chi connectivity index (χ4v) is 2.91. The van der Waals surface area contributed by atoms with Crippen molar-refractivity contribution < 1.29 is 9.21 Å². The van der Waals surface area contributed by atoms with Crippen LogP contribution in [0.1, 0.15) is 23.8 Å². The smallest absolute Gasteiger partial charge is 0.241 e. The van der Waals surface area contributed by atoms with Gasteiger partial charge in [-0.05, 0) is 30.3 Å². The van der Waals surface area contributed by atoms with Gasteiger partial charge < -0.3 is 14.6 Å². The summed E-state index contributed by atoms with van der Waals surface area (Å²) in [5.74, 6) is 0.910. The van der Waals surface area contributed by atoms with Crippen molar-refractivity contribution in [3.63, 3.8) is 0 Å². The molecule has 0 radical (unpaired) electrons. The van der Waals surface area contributed by atoms with Crippen LogP contribution in [0.2, 0.25) is 0 Å². The number of nitriles is 1. The summed E-state index contributed by atoms with van der Waals surface area (Å²) in [6, 6.07) is 17.0. The van der Waals surface area contributed by atoms with Crippen molar-refractivity contribution in [1.82, 2.24) is 4.90 Å². The van der Waals surface area contributed by atoms with E-state index >= 15 is 0 Å². The standard InChI is InChI=1S/C21H21N3O2/c1-3-19-18(17-6-4-5-7-20(17)26-19)14-24(2)21(25)13-23-16-10-8-15(12-22)9-11-16/h4-11,23H,3,13-14H2,1-2H3. The first-order valence-corrected chi connectivity index (χ1v) is 8.59. The summed E-state index contributed by atoms with van der Waals surface area (Å²) in [6.07, 6.45) is 0.787. The van der Waals surface area contributed by atoms with Gasteiger partial charge in [0.05, 0.1) is 18.2 Å². The molecule has 0 aliphatic heterocycles. The number of hydrogen-bond donors (Lipinski definition) is 1. The fraction of sp³-hybridized carbons (Fsp3) is 0.238. The Labute approximate surface area is 152 Å². The lowest BCUT2D eigenvalue weighted by Gasteiger charge is -2.18. The van der Waals surface area contributed by atoms with Crippen molar-refractivity contribution in [1.29, 1.82) is 5.26 Å². The average molecular weight is 347 g/mol. The molecular weight excluding hydrogens is 326 g/mol. The molecule has 0 saturated carbocycles. The van der Waals surface area contributed by atoms with E-state index in [9.17, 15) is 4.79 Å². The van der Waals surface area contributed by atoms with Crippen LogP contribution in [0.4, 0.5) is 5.69 Å². The number of amides is 1. The van der Waals surface area contributed by atoms with Crippen LogP contribution in [0.25, 0.3) is 11.0 Å². The van der Waals surface area contributed by atoms with E-state index in [2.05, 4.69) is 18.3 Å². The number of aryl methyl sites for hydroxylation is 1. The van der Waals surface area contributed by atoms with Gasteiger partial charge in [-0.2, -0.15) is 5.26 Å². The molecule has 0 aliphatic carbocycles. The number of carbonyl (C=O) groups excluding carboxylic acids is 1. The second-order valence-corrected chi connectivity index (χ2v) is 6.15. The number of hydrogen-bond acceptors (Lipinski definition) is 4. The number of carbonyl (C=O) groups is 1. The molecule has 0 spiro atoms. The SMILES string of the molecule is CCc1oc2ccccc2c1CN(C)C(=O)CNc1ccc(C#N)cc1. The first kappa shape index (κ1) is 17.6. The summed E-state index contributed by atoms with van der Waals surface area (Å²) in [6.45, 7) is 2.75. The molecular formula is C21H21N3O2. The summed E-state index contributed by atoms with van der Waals surface area (Å²) in [5.41, 5.74) is 3.33. The number of benzene rings is 2. The summed E-state index contributed by atoms with van der Waals surface area (Å²) in [7, 11) is 1.80. The zero-order valence-corrected chi connectivity index (χ0v) is 15.0. The molecule has 0 atom stereocenters. The maximum atomic E-state index is 12.5. The quantitative estimate of drug-likeness (QED) is 0.733. The van der Waals surface area contributed by atoms with Crippen LogP contribution < -0.4 is 5.32 Å². The van der Waals surface area contributed by atoms with E-state index < -0.39 is 0 Å². The first-order chi connectivity index (χ1) is 12.6. The van der Waals surface area contributed by atoms with Gasteiger partial charge in [0.15, 0.2) is 0 Å². The molecule has 1 heterocycles. The minimum atomic E-state index is -0.0123. The zero-order chi connectivity index (χ0) is 18.5. The number of rotatable bonds is 6. The largest absolute Gasteiger partial charge is 0.461 e. The average Bonchev–Trinajstić information content (AvgIpc) is 3.04. The van der Waals surface area contributed by atoms with Crippen molar-refractivity contribution in [2.75, 3.05) is 18.9 Å². The van der Waals surface area contributed by atoms with E-state index in [4.69, 9.17) is 9.68 Å². The Balaban J connectivity index is 1.66. The second kappa shape index (κ2) is 7.75. The Morgan fingerprint density at radius 3 is 2.62 bits per heavy atom. The van der Waals surface area contributed by atoms with E-state index in [1.54, 1.807) is 36.2 Å². The van der Waals surface area contributed by atoms with E-state index in [-0.39, 0.29) is 12.5 Å². The van der Waals surface area contributed by atoms with Gasteiger partial charge in [0.25, 0.3) is 0 Å². The molecule has 0 aliphatic rings. The van der Waals surface area contributed by atoms with E-state index in [0.29, 0.717) is 12.1 Å². The Morgan fingerprint density at radius 1 is 1.19 bits per heavy atom. The molecule has 5 nitrogen and oxygen atoms in total. The fourth-order valence-electron chi connectivity index (χ4n) is 2.91. The lowest BCUT2D eigenvalue weighted by atomic mass is 10.1. The van der Waals surface area contributed by atoms with Crippen molar-refractivity contribution in [2.24, 2.45) is 0 Å². The Morgan fingerprint density at radius 2 is 1.92 bits per heavy atom. The van der Waals surface area contributed by atoms with E-state index in [1.807, 2.05) is 24.3 Å². The molecule has 3 aromatic rings. The minimum absolute atomic E-state index is 0.0123. The molecule has 0 bridgehead atoms. The van der Waals surface area contributed by atoms with Gasteiger partial charge in [0.2, 0.25) is 5.91 Å². The van der Waals surface area contributed by atoms with Crippen LogP contribution in [0.5, 0.6) is 0 Å². The van der Waals surface area contributed by atoms with Gasteiger partial charge in [0.1, 0.15) is 11.3 Å². The Hall–Kier alpha value is -3.26. The maximum Gasteiger partial charge on any atom is 0.241 e. The first-order valence-electron chi connectivity index (χ1n) is 8.59. The van der Waals surface area contributed by atoms with Gasteiger partial charge >= 0.3 is 0 Å². The Bertz CT molecular complexity index is 952. The normalized spacial score (nSPS) is 10.5. The van der Waals surface area contributed by atoms with Crippen LogP contribution in [0.15, 0.2) is 52.9 Å². The van der Waals surface area contributed by atoms with Crippen LogP contribution in [-0.4, -0.2) is 24.4 Å². The third-order valence-corrected chi connectivity index (χ3v) is 4.38. The van der Waals surface area contributed by atoms with Crippen molar-refractivity contribution >= 4 is 22.6 Å². The lowest BCUT2D eigenvalue weighted by molar-refractivity contribution is -0.128. The Kier molecular flexibility index (Phi) is 5.23. The molecule has 26 heavy (non-hydrogen) atoms. The lowest BCUT2D eigenvalue weighted by Crippen LogP contribution is -2.32. The van der Waals surface area contributed by atoms with Gasteiger partial charge in [-0.3, -0.25) is 4.79 Å². The molecule has 132 valence electrons. The highest BCUT2D eigenvalue weighted by Crippen LogP contribution is 2.27. The van der Waals surface area contributed by atoms with E-state index in [0.717, 1.165) is 34.4 Å². The third kappa shape index (κ3) is 3.70. The zero-order valence-electron chi connectivity index (χ0n) is 15.0. The maximum absolute atomic E-state index is 12.5. The highest BCUT2D eigenvalue weighted by molar-refractivity contribution is 5.84. The van der Waals surface area contributed by atoms with Crippen molar-refractivity contribution in [3.05, 3.63) is 65.4 Å². The molecule has 0 unspecified atom stereocenters. The highest BCUT2D eigenvalue weighted by Gasteiger charge is 2.17. The number of nitrogens with zero attached hydrogens (tertiary/aromatic N) is 2. The predicted octanol–water partition coefficient (Wildman–Crippen LogP) is 3.94. The van der Waals surface area contributed by atoms with Crippen LogP contribution >= 0.6 is 0 Å². The molecule has 3 rings (SSSR count). The molecule has 1 aromatic heterocycles. The van der Waals surface area contributed by atoms with Crippen LogP contribution in [-0.2, 0) is 17.8 Å². The van der Waals surface area contributed by atoms with Crippen molar-refractivity contribution in [2.45, 2.75) is 19.9 Å². The monoisotopic (exact) mass is 347 g/mol. The molecule has 0 fully saturated rings. The number of anilines is 1.